The monoisotopic (exact) mass is 472 g/mol. The van der Waals surface area contributed by atoms with Crippen LogP contribution in [-0.4, -0.2) is 9.65 Å². The van der Waals surface area contributed by atoms with Gasteiger partial charge in [-0.05, 0) is 91.3 Å². The lowest BCUT2D eigenvalue weighted by atomic mass is 9.59. The zero-order valence-electron chi connectivity index (χ0n) is 16.7. The van der Waals surface area contributed by atoms with E-state index in [0.717, 1.165) is 57.0 Å². The van der Waals surface area contributed by atoms with Crippen molar-refractivity contribution in [1.82, 2.24) is 0 Å². The summed E-state index contributed by atoms with van der Waals surface area (Å²) in [6.07, 6.45) is 11.7. The molecule has 0 nitrogen and oxygen atoms in total. The molecule has 10 unspecified atom stereocenters. The number of hydrogen-bond donors (Lipinski definition) is 0. The highest BCUT2D eigenvalue weighted by molar-refractivity contribution is 9.09. The molecule has 4 rings (SSSR count). The average Bonchev–Trinajstić information content (AvgIpc) is 3.08. The van der Waals surface area contributed by atoms with E-state index in [-0.39, 0.29) is 0 Å². The Labute approximate surface area is 172 Å². The molecule has 0 heterocycles. The van der Waals surface area contributed by atoms with Crippen LogP contribution in [0.3, 0.4) is 0 Å². The third kappa shape index (κ3) is 3.12. The van der Waals surface area contributed by atoms with Gasteiger partial charge in [-0.15, -0.1) is 0 Å². The van der Waals surface area contributed by atoms with Crippen LogP contribution in [0.1, 0.15) is 79.1 Å². The van der Waals surface area contributed by atoms with Crippen molar-refractivity contribution in [2.24, 2.45) is 52.8 Å². The third-order valence-electron chi connectivity index (χ3n) is 9.37. The summed E-state index contributed by atoms with van der Waals surface area (Å²) in [4.78, 5) is 1.58. The summed E-state index contributed by atoms with van der Waals surface area (Å²) < 4.78 is 0. The van der Waals surface area contributed by atoms with Crippen molar-refractivity contribution in [1.29, 1.82) is 0 Å². The first kappa shape index (κ1) is 19.3. The van der Waals surface area contributed by atoms with Gasteiger partial charge in [0.15, 0.2) is 0 Å². The molecule has 144 valence electrons. The summed E-state index contributed by atoms with van der Waals surface area (Å²) in [6.45, 7) is 10.5. The molecule has 4 aliphatic carbocycles. The molecule has 0 radical (unpaired) electrons. The minimum Gasteiger partial charge on any atom is -0.0887 e. The van der Waals surface area contributed by atoms with Crippen molar-refractivity contribution in [3.05, 3.63) is 0 Å². The second kappa shape index (κ2) is 7.09. The molecular weight excluding hydrogens is 436 g/mol. The highest BCUT2D eigenvalue weighted by Crippen LogP contribution is 2.63. The molecule has 0 saturated heterocycles. The van der Waals surface area contributed by atoms with Gasteiger partial charge < -0.3 is 0 Å². The fourth-order valence-corrected chi connectivity index (χ4v) is 10.8. The molecule has 0 spiro atoms. The van der Waals surface area contributed by atoms with Gasteiger partial charge in [-0.1, -0.05) is 72.4 Å². The van der Waals surface area contributed by atoms with E-state index in [4.69, 9.17) is 0 Å². The van der Waals surface area contributed by atoms with E-state index < -0.39 is 0 Å². The summed E-state index contributed by atoms with van der Waals surface area (Å²) in [5, 5.41) is 0. The minimum absolute atomic E-state index is 0.523. The highest BCUT2D eigenvalue weighted by Gasteiger charge is 2.57. The molecule has 0 aromatic rings. The molecule has 4 aliphatic rings. The molecule has 0 aliphatic heterocycles. The Morgan fingerprint density at radius 1 is 0.680 bits per heavy atom. The lowest BCUT2D eigenvalue weighted by molar-refractivity contribution is 0.0283. The van der Waals surface area contributed by atoms with Crippen molar-refractivity contribution in [2.75, 3.05) is 0 Å². The van der Waals surface area contributed by atoms with E-state index in [1.54, 1.807) is 0 Å². The molecule has 0 amide bonds. The Morgan fingerprint density at radius 2 is 1.08 bits per heavy atom. The number of rotatable bonds is 2. The zero-order chi connectivity index (χ0) is 17.9. The lowest BCUT2D eigenvalue weighted by Crippen LogP contribution is -2.41. The van der Waals surface area contributed by atoms with Gasteiger partial charge in [0.1, 0.15) is 0 Å². The van der Waals surface area contributed by atoms with Crippen LogP contribution in [0, 0.1) is 52.8 Å². The fraction of sp³-hybridized carbons (Fsp3) is 1.00. The number of fused-ring (bicyclic) bond motifs is 2. The summed E-state index contributed by atoms with van der Waals surface area (Å²) in [5.41, 5.74) is 0.523. The van der Waals surface area contributed by atoms with Crippen LogP contribution in [0.25, 0.3) is 0 Å². The summed E-state index contributed by atoms with van der Waals surface area (Å²) in [5.74, 6) is 7.62. The van der Waals surface area contributed by atoms with Gasteiger partial charge >= 0.3 is 0 Å². The molecule has 4 fully saturated rings. The minimum atomic E-state index is 0.523. The fourth-order valence-electron chi connectivity index (χ4n) is 8.35. The van der Waals surface area contributed by atoms with Gasteiger partial charge in [0.2, 0.25) is 0 Å². The number of hydrogen-bond acceptors (Lipinski definition) is 0. The van der Waals surface area contributed by atoms with Crippen LogP contribution in [0.4, 0.5) is 0 Å². The van der Waals surface area contributed by atoms with Crippen LogP contribution in [0.2, 0.25) is 0 Å². The Kier molecular flexibility index (Phi) is 5.47. The molecule has 2 heteroatoms. The van der Waals surface area contributed by atoms with Crippen LogP contribution in [-0.2, 0) is 0 Å². The van der Waals surface area contributed by atoms with Crippen LogP contribution < -0.4 is 0 Å². The van der Waals surface area contributed by atoms with Gasteiger partial charge in [0, 0.05) is 9.65 Å². The van der Waals surface area contributed by atoms with E-state index in [0.29, 0.717) is 5.41 Å². The topological polar surface area (TPSA) is 0 Å². The standard InChI is InChI=1S/C23H38Br2/c1-13-11-17(15-7-5-9-19(24)21(13)15)23(3,4)18-12-14(2)22-16(18)8-6-10-20(22)25/h13-22H,5-12H2,1-4H3. The van der Waals surface area contributed by atoms with Gasteiger partial charge in [0.05, 0.1) is 0 Å². The molecule has 0 bridgehead atoms. The Morgan fingerprint density at radius 3 is 1.48 bits per heavy atom. The van der Waals surface area contributed by atoms with Crippen LogP contribution in [0.15, 0.2) is 0 Å². The van der Waals surface area contributed by atoms with Crippen molar-refractivity contribution in [3.8, 4) is 0 Å². The highest BCUT2D eigenvalue weighted by atomic mass is 79.9. The van der Waals surface area contributed by atoms with E-state index >= 15 is 0 Å². The molecule has 0 aromatic heterocycles. The Balaban J connectivity index is 1.59. The maximum absolute atomic E-state index is 4.08. The summed E-state index contributed by atoms with van der Waals surface area (Å²) in [7, 11) is 0. The zero-order valence-corrected chi connectivity index (χ0v) is 19.9. The third-order valence-corrected chi connectivity index (χ3v) is 11.5. The van der Waals surface area contributed by atoms with Gasteiger partial charge in [-0.3, -0.25) is 0 Å². The van der Waals surface area contributed by atoms with Crippen molar-refractivity contribution < 1.29 is 0 Å². The molecule has 4 saturated carbocycles. The largest absolute Gasteiger partial charge is 0.0887 e. The van der Waals surface area contributed by atoms with Crippen LogP contribution in [0.5, 0.6) is 0 Å². The van der Waals surface area contributed by atoms with Gasteiger partial charge in [-0.2, -0.15) is 0 Å². The van der Waals surface area contributed by atoms with E-state index in [1.807, 2.05) is 0 Å². The van der Waals surface area contributed by atoms with Crippen LogP contribution >= 0.6 is 31.9 Å². The molecule has 25 heavy (non-hydrogen) atoms. The first-order chi connectivity index (χ1) is 11.8. The first-order valence-electron chi connectivity index (χ1n) is 11.1. The second-order valence-electron chi connectivity index (χ2n) is 10.8. The maximum Gasteiger partial charge on any atom is 0.0179 e. The summed E-state index contributed by atoms with van der Waals surface area (Å²) >= 11 is 8.16. The van der Waals surface area contributed by atoms with Gasteiger partial charge in [0.25, 0.3) is 0 Å². The SMILES string of the molecule is CC1CC(C(C)(C)C2CC(C)C3C(Br)CCCC32)C2CCCC(Br)C12. The van der Waals surface area contributed by atoms with E-state index in [2.05, 4.69) is 59.6 Å². The number of alkyl halides is 2. The second-order valence-corrected chi connectivity index (χ2v) is 13.2. The predicted octanol–water partition coefficient (Wildman–Crippen LogP) is 7.68. The number of halogens is 2. The van der Waals surface area contributed by atoms with Crippen molar-refractivity contribution >= 4 is 31.9 Å². The van der Waals surface area contributed by atoms with E-state index in [1.165, 1.54) is 51.4 Å². The first-order valence-corrected chi connectivity index (χ1v) is 12.9. The quantitative estimate of drug-likeness (QED) is 0.360. The van der Waals surface area contributed by atoms with Crippen molar-refractivity contribution in [3.63, 3.8) is 0 Å². The molecular formula is C23H38Br2. The average molecular weight is 474 g/mol. The molecule has 0 aromatic carbocycles. The van der Waals surface area contributed by atoms with Gasteiger partial charge in [-0.25, -0.2) is 0 Å². The smallest absolute Gasteiger partial charge is 0.0179 e. The Bertz CT molecular complexity index is 444. The summed E-state index contributed by atoms with van der Waals surface area (Å²) in [6, 6.07) is 0. The predicted molar refractivity (Wildman–Crippen MR) is 115 cm³/mol. The van der Waals surface area contributed by atoms with Crippen molar-refractivity contribution in [2.45, 2.75) is 88.7 Å². The van der Waals surface area contributed by atoms with E-state index in [9.17, 15) is 0 Å². The lowest BCUT2D eigenvalue weighted by Gasteiger charge is -2.47. The molecule has 0 N–H and O–H groups in total. The maximum atomic E-state index is 4.08. The normalized spacial score (nSPS) is 53.5. The molecule has 10 atom stereocenters. The Hall–Kier alpha value is 0.960.